The molecule has 2 heterocycles. The molecule has 5 nitrogen and oxygen atoms in total. The van der Waals surface area contributed by atoms with Crippen LogP contribution in [0.3, 0.4) is 0 Å². The molecule has 0 aliphatic heterocycles. The average Bonchev–Trinajstić information content (AvgIpc) is 2.90. The Bertz CT molecular complexity index is 727. The molecular weight excluding hydrogens is 262 g/mol. The lowest BCUT2D eigenvalue weighted by Crippen LogP contribution is -1.94. The molecule has 3 rings (SSSR count). The van der Waals surface area contributed by atoms with Gasteiger partial charge in [-0.2, -0.15) is 0 Å². The largest absolute Gasteiger partial charge is 0.493 e. The minimum Gasteiger partial charge on any atom is -0.493 e. The van der Waals surface area contributed by atoms with E-state index in [4.69, 9.17) is 15.2 Å². The lowest BCUT2D eigenvalue weighted by Gasteiger charge is -2.10. The fourth-order valence-electron chi connectivity index (χ4n) is 1.71. The molecule has 0 spiro atoms. The first-order valence-electron chi connectivity index (χ1n) is 5.57. The quantitative estimate of drug-likeness (QED) is 0.742. The second-order valence-electron chi connectivity index (χ2n) is 3.83. The Morgan fingerprint density at radius 2 is 2.05 bits per heavy atom. The highest BCUT2D eigenvalue weighted by Crippen LogP contribution is 2.35. The number of nitrogen functional groups attached to an aromatic ring is 1. The van der Waals surface area contributed by atoms with Gasteiger partial charge >= 0.3 is 0 Å². The molecule has 2 aromatic heterocycles. The lowest BCUT2D eigenvalue weighted by atomic mass is 10.3. The maximum atomic E-state index is 5.81. The van der Waals surface area contributed by atoms with E-state index < -0.39 is 0 Å². The van der Waals surface area contributed by atoms with Gasteiger partial charge in [0.25, 0.3) is 0 Å². The Morgan fingerprint density at radius 3 is 2.89 bits per heavy atom. The van der Waals surface area contributed by atoms with Crippen molar-refractivity contribution in [1.82, 2.24) is 9.97 Å². The van der Waals surface area contributed by atoms with Crippen LogP contribution in [0.1, 0.15) is 0 Å². The summed E-state index contributed by atoms with van der Waals surface area (Å²) in [5.41, 5.74) is 7.20. The van der Waals surface area contributed by atoms with Gasteiger partial charge in [0.2, 0.25) is 5.88 Å². The molecular formula is C13H11N3O2S. The van der Waals surface area contributed by atoms with E-state index in [0.29, 0.717) is 23.1 Å². The number of rotatable bonds is 3. The number of methoxy groups -OCH3 is 1. The molecule has 2 N–H and O–H groups in total. The van der Waals surface area contributed by atoms with Gasteiger partial charge in [-0.1, -0.05) is 0 Å². The minimum absolute atomic E-state index is 0.517. The zero-order chi connectivity index (χ0) is 13.2. The van der Waals surface area contributed by atoms with Gasteiger partial charge in [0.1, 0.15) is 11.0 Å². The number of aromatic nitrogens is 2. The summed E-state index contributed by atoms with van der Waals surface area (Å²) < 4.78 is 12.0. The number of hydrogen-bond donors (Lipinski definition) is 1. The summed E-state index contributed by atoms with van der Waals surface area (Å²) in [6, 6.07) is 7.15. The number of anilines is 1. The summed E-state index contributed by atoms with van der Waals surface area (Å²) >= 11 is 1.53. The molecule has 19 heavy (non-hydrogen) atoms. The number of benzene rings is 1. The van der Waals surface area contributed by atoms with E-state index in [9.17, 15) is 0 Å². The molecule has 0 amide bonds. The Morgan fingerprint density at radius 1 is 1.16 bits per heavy atom. The van der Waals surface area contributed by atoms with Crippen molar-refractivity contribution < 1.29 is 9.47 Å². The van der Waals surface area contributed by atoms with Crippen LogP contribution in [0.5, 0.6) is 17.4 Å². The smallest absolute Gasteiger partial charge is 0.240 e. The fourth-order valence-corrected chi connectivity index (χ4v) is 2.48. The summed E-state index contributed by atoms with van der Waals surface area (Å²) in [6.45, 7) is 0. The first-order chi connectivity index (χ1) is 9.28. The van der Waals surface area contributed by atoms with E-state index in [0.717, 1.165) is 10.2 Å². The van der Waals surface area contributed by atoms with E-state index >= 15 is 0 Å². The van der Waals surface area contributed by atoms with Crippen LogP contribution in [0.4, 0.5) is 5.69 Å². The highest BCUT2D eigenvalue weighted by atomic mass is 32.1. The van der Waals surface area contributed by atoms with Crippen molar-refractivity contribution in [2.45, 2.75) is 0 Å². The van der Waals surface area contributed by atoms with Crippen LogP contribution in [-0.2, 0) is 0 Å². The van der Waals surface area contributed by atoms with Crippen molar-refractivity contribution in [3.05, 3.63) is 36.0 Å². The van der Waals surface area contributed by atoms with Crippen LogP contribution in [-0.4, -0.2) is 17.1 Å². The highest BCUT2D eigenvalue weighted by molar-refractivity contribution is 7.17. The Labute approximate surface area is 113 Å². The van der Waals surface area contributed by atoms with E-state index in [2.05, 4.69) is 9.97 Å². The Balaban J connectivity index is 2.03. The lowest BCUT2D eigenvalue weighted by molar-refractivity contribution is 0.376. The number of nitrogens with zero attached hydrogens (tertiary/aromatic N) is 2. The van der Waals surface area contributed by atoms with Crippen LogP contribution < -0.4 is 15.2 Å². The van der Waals surface area contributed by atoms with Gasteiger partial charge in [0.15, 0.2) is 11.5 Å². The molecule has 6 heteroatoms. The molecule has 0 unspecified atom stereocenters. The van der Waals surface area contributed by atoms with Crippen LogP contribution in [0.25, 0.3) is 10.2 Å². The van der Waals surface area contributed by atoms with Gasteiger partial charge < -0.3 is 15.2 Å². The second kappa shape index (κ2) is 4.74. The molecule has 0 aliphatic rings. The van der Waals surface area contributed by atoms with Crippen molar-refractivity contribution in [2.75, 3.05) is 12.8 Å². The van der Waals surface area contributed by atoms with Crippen LogP contribution in [0, 0.1) is 0 Å². The van der Waals surface area contributed by atoms with Crippen molar-refractivity contribution in [3.63, 3.8) is 0 Å². The first kappa shape index (κ1) is 11.7. The summed E-state index contributed by atoms with van der Waals surface area (Å²) in [5, 5.41) is 1.95. The van der Waals surface area contributed by atoms with E-state index in [1.165, 1.54) is 17.7 Å². The third-order valence-corrected chi connectivity index (χ3v) is 3.50. The van der Waals surface area contributed by atoms with Gasteiger partial charge in [-0.25, -0.2) is 9.97 Å². The molecule has 0 saturated carbocycles. The molecule has 0 fully saturated rings. The SMILES string of the molecule is COc1cc(N)ccc1Oc1ncnc2ccsc12. The topological polar surface area (TPSA) is 70.3 Å². The predicted molar refractivity (Wildman–Crippen MR) is 74.9 cm³/mol. The van der Waals surface area contributed by atoms with Crippen LogP contribution >= 0.6 is 11.3 Å². The third kappa shape index (κ3) is 2.17. The number of ether oxygens (including phenoxy) is 2. The maximum absolute atomic E-state index is 5.81. The van der Waals surface area contributed by atoms with E-state index in [-0.39, 0.29) is 0 Å². The van der Waals surface area contributed by atoms with Gasteiger partial charge in [0.05, 0.1) is 12.6 Å². The van der Waals surface area contributed by atoms with E-state index in [1.807, 2.05) is 11.4 Å². The third-order valence-electron chi connectivity index (χ3n) is 2.60. The van der Waals surface area contributed by atoms with Crippen molar-refractivity contribution in [3.8, 4) is 17.4 Å². The molecule has 1 aromatic carbocycles. The minimum atomic E-state index is 0.517. The van der Waals surface area contributed by atoms with Crippen molar-refractivity contribution in [1.29, 1.82) is 0 Å². The molecule has 0 bridgehead atoms. The van der Waals surface area contributed by atoms with E-state index in [1.54, 1.807) is 25.3 Å². The molecule has 0 atom stereocenters. The van der Waals surface area contributed by atoms with Crippen molar-refractivity contribution in [2.24, 2.45) is 0 Å². The molecule has 0 aliphatic carbocycles. The first-order valence-corrected chi connectivity index (χ1v) is 6.45. The van der Waals surface area contributed by atoms with Crippen LogP contribution in [0.2, 0.25) is 0 Å². The van der Waals surface area contributed by atoms with Crippen LogP contribution in [0.15, 0.2) is 36.0 Å². The highest BCUT2D eigenvalue weighted by Gasteiger charge is 2.11. The van der Waals surface area contributed by atoms with Crippen molar-refractivity contribution >= 4 is 27.2 Å². The summed E-state index contributed by atoms with van der Waals surface area (Å²) in [5.74, 6) is 1.66. The number of fused-ring (bicyclic) bond motifs is 1. The number of hydrogen-bond acceptors (Lipinski definition) is 6. The van der Waals surface area contributed by atoms with Gasteiger partial charge in [-0.3, -0.25) is 0 Å². The maximum Gasteiger partial charge on any atom is 0.240 e. The summed E-state index contributed by atoms with van der Waals surface area (Å²) in [6.07, 6.45) is 1.48. The van der Waals surface area contributed by atoms with Gasteiger partial charge in [-0.15, -0.1) is 11.3 Å². The molecule has 3 aromatic rings. The monoisotopic (exact) mass is 273 g/mol. The van der Waals surface area contributed by atoms with Gasteiger partial charge in [-0.05, 0) is 23.6 Å². The predicted octanol–water partition coefficient (Wildman–Crippen LogP) is 3.07. The molecule has 0 radical (unpaired) electrons. The summed E-state index contributed by atoms with van der Waals surface area (Å²) in [4.78, 5) is 8.33. The zero-order valence-corrected chi connectivity index (χ0v) is 11.0. The second-order valence-corrected chi connectivity index (χ2v) is 4.74. The zero-order valence-electron chi connectivity index (χ0n) is 10.2. The normalized spacial score (nSPS) is 10.6. The van der Waals surface area contributed by atoms with Gasteiger partial charge in [0, 0.05) is 11.8 Å². The Hall–Kier alpha value is -2.34. The average molecular weight is 273 g/mol. The summed E-state index contributed by atoms with van der Waals surface area (Å²) in [7, 11) is 1.57. The molecule has 0 saturated heterocycles. The Kier molecular flexibility index (Phi) is 2.92. The molecule has 96 valence electrons. The standard InChI is InChI=1S/C13H11N3O2S/c1-17-11-6-8(14)2-3-10(11)18-13-12-9(4-5-19-12)15-7-16-13/h2-7H,14H2,1H3. The fraction of sp³-hybridized carbons (Fsp3) is 0.0769. The number of nitrogens with two attached hydrogens (primary N) is 1. The number of thiophene rings is 1.